The Morgan fingerprint density at radius 2 is 1.86 bits per heavy atom. The monoisotopic (exact) mass is 403 g/mol. The van der Waals surface area contributed by atoms with Gasteiger partial charge in [-0.15, -0.1) is 11.3 Å². The zero-order chi connectivity index (χ0) is 19.9. The van der Waals surface area contributed by atoms with Crippen molar-refractivity contribution in [1.82, 2.24) is 19.4 Å². The number of amides is 1. The second kappa shape index (κ2) is 6.71. The average molecular weight is 403 g/mol. The Balaban J connectivity index is 1.71. The molecular weight excluding hydrogens is 391 g/mol. The van der Waals surface area contributed by atoms with E-state index in [9.17, 15) is 18.0 Å². The van der Waals surface area contributed by atoms with Gasteiger partial charge in [0.2, 0.25) is 0 Å². The van der Waals surface area contributed by atoms with Crippen LogP contribution < -0.4 is 4.90 Å². The Morgan fingerprint density at radius 3 is 2.50 bits per heavy atom. The zero-order valence-electron chi connectivity index (χ0n) is 14.4. The summed E-state index contributed by atoms with van der Waals surface area (Å²) in [6.07, 6.45) is 1.68. The number of rotatable bonds is 3. The van der Waals surface area contributed by atoms with Crippen LogP contribution in [0.2, 0.25) is 0 Å². The molecular formula is C18H12F3N5OS. The van der Waals surface area contributed by atoms with Crippen molar-refractivity contribution in [2.24, 2.45) is 0 Å². The van der Waals surface area contributed by atoms with Gasteiger partial charge in [0.05, 0.1) is 23.7 Å². The van der Waals surface area contributed by atoms with Crippen molar-refractivity contribution in [2.45, 2.75) is 6.18 Å². The summed E-state index contributed by atoms with van der Waals surface area (Å²) in [6, 6.07) is 4.77. The molecule has 6 nitrogen and oxygen atoms in total. The van der Waals surface area contributed by atoms with Gasteiger partial charge in [0.15, 0.2) is 10.8 Å². The van der Waals surface area contributed by atoms with Crippen molar-refractivity contribution in [1.29, 1.82) is 0 Å². The second-order valence-corrected chi connectivity index (χ2v) is 6.77. The molecule has 28 heavy (non-hydrogen) atoms. The topological polar surface area (TPSA) is 63.4 Å². The first kappa shape index (κ1) is 18.1. The van der Waals surface area contributed by atoms with Crippen LogP contribution in [0.1, 0.15) is 16.1 Å². The van der Waals surface area contributed by atoms with Crippen molar-refractivity contribution < 1.29 is 18.0 Å². The SMILES string of the molecule is CN(C(=O)c1cn2c(-c3ccc(C(F)(F)F)cc3)cnc2cn1)c1nccs1. The molecule has 0 aliphatic heterocycles. The molecule has 0 aliphatic rings. The average Bonchev–Trinajstić information content (AvgIpc) is 3.35. The molecule has 10 heteroatoms. The van der Waals surface area contributed by atoms with E-state index in [0.717, 1.165) is 12.1 Å². The van der Waals surface area contributed by atoms with Crippen LogP contribution in [0.5, 0.6) is 0 Å². The van der Waals surface area contributed by atoms with Gasteiger partial charge in [0, 0.05) is 30.4 Å². The molecule has 0 atom stereocenters. The summed E-state index contributed by atoms with van der Waals surface area (Å²) in [5.41, 5.74) is 1.00. The molecule has 3 aromatic heterocycles. The standard InChI is InChI=1S/C18H12F3N5OS/c1-25(17-22-6-7-28-17)16(27)13-10-26-14(8-24-15(26)9-23-13)11-2-4-12(5-3-11)18(19,20)21/h2-10H,1H3. The highest BCUT2D eigenvalue weighted by Gasteiger charge is 2.30. The molecule has 0 N–H and O–H groups in total. The molecule has 0 fully saturated rings. The number of hydrogen-bond acceptors (Lipinski definition) is 5. The van der Waals surface area contributed by atoms with Gasteiger partial charge >= 0.3 is 6.18 Å². The Kier molecular flexibility index (Phi) is 4.34. The molecule has 142 valence electrons. The van der Waals surface area contributed by atoms with Crippen molar-refractivity contribution in [3.8, 4) is 11.3 Å². The van der Waals surface area contributed by atoms with Gasteiger partial charge in [-0.1, -0.05) is 12.1 Å². The summed E-state index contributed by atoms with van der Waals surface area (Å²) in [7, 11) is 1.59. The van der Waals surface area contributed by atoms with Gasteiger partial charge in [-0.2, -0.15) is 13.2 Å². The Bertz CT molecular complexity index is 1140. The normalized spacial score (nSPS) is 11.7. The third-order valence-electron chi connectivity index (χ3n) is 4.13. The summed E-state index contributed by atoms with van der Waals surface area (Å²) < 4.78 is 40.0. The zero-order valence-corrected chi connectivity index (χ0v) is 15.2. The number of halogens is 3. The predicted molar refractivity (Wildman–Crippen MR) is 98.3 cm³/mol. The number of alkyl halides is 3. The summed E-state index contributed by atoms with van der Waals surface area (Å²) >= 11 is 1.32. The first-order valence-electron chi connectivity index (χ1n) is 8.03. The van der Waals surface area contributed by atoms with E-state index in [1.165, 1.54) is 47.0 Å². The first-order chi connectivity index (χ1) is 13.3. The van der Waals surface area contributed by atoms with Crippen molar-refractivity contribution in [3.63, 3.8) is 0 Å². The summed E-state index contributed by atoms with van der Waals surface area (Å²) in [5, 5.41) is 2.29. The van der Waals surface area contributed by atoms with E-state index in [1.54, 1.807) is 23.0 Å². The lowest BCUT2D eigenvalue weighted by atomic mass is 10.1. The number of benzene rings is 1. The number of fused-ring (bicyclic) bond motifs is 1. The summed E-state index contributed by atoms with van der Waals surface area (Å²) in [6.45, 7) is 0. The smallest absolute Gasteiger partial charge is 0.296 e. The molecule has 0 spiro atoms. The highest BCUT2D eigenvalue weighted by Crippen LogP contribution is 2.31. The van der Waals surface area contributed by atoms with E-state index in [4.69, 9.17) is 0 Å². The number of hydrogen-bond donors (Lipinski definition) is 0. The second-order valence-electron chi connectivity index (χ2n) is 5.90. The molecule has 0 unspecified atom stereocenters. The molecule has 0 saturated heterocycles. The third-order valence-corrected chi connectivity index (χ3v) is 4.98. The lowest BCUT2D eigenvalue weighted by Crippen LogP contribution is -2.27. The fourth-order valence-corrected chi connectivity index (χ4v) is 3.29. The third kappa shape index (κ3) is 3.22. The van der Waals surface area contributed by atoms with Gasteiger partial charge in [0.25, 0.3) is 5.91 Å². The minimum Gasteiger partial charge on any atom is -0.296 e. The number of carbonyl (C=O) groups is 1. The molecule has 0 radical (unpaired) electrons. The van der Waals surface area contributed by atoms with Crippen LogP contribution in [0.3, 0.4) is 0 Å². The first-order valence-corrected chi connectivity index (χ1v) is 8.91. The van der Waals surface area contributed by atoms with Crippen molar-refractivity contribution in [3.05, 3.63) is 65.7 Å². The molecule has 3 heterocycles. The molecule has 0 aliphatic carbocycles. The minimum atomic E-state index is -4.40. The Labute approximate surface area is 160 Å². The van der Waals surface area contributed by atoms with E-state index >= 15 is 0 Å². The Morgan fingerprint density at radius 1 is 1.11 bits per heavy atom. The van der Waals surface area contributed by atoms with E-state index in [-0.39, 0.29) is 11.6 Å². The molecule has 0 bridgehead atoms. The van der Waals surface area contributed by atoms with Gasteiger partial charge in [-0.25, -0.2) is 15.0 Å². The molecule has 0 saturated carbocycles. The Hall–Kier alpha value is -3.27. The number of thiazole rings is 1. The van der Waals surface area contributed by atoms with Gasteiger partial charge in [-0.05, 0) is 12.1 Å². The predicted octanol–water partition coefficient (Wildman–Crippen LogP) is 4.15. The fourth-order valence-electron chi connectivity index (χ4n) is 2.68. The van der Waals surface area contributed by atoms with E-state index < -0.39 is 11.7 Å². The van der Waals surface area contributed by atoms with Crippen molar-refractivity contribution in [2.75, 3.05) is 11.9 Å². The van der Waals surface area contributed by atoms with E-state index in [2.05, 4.69) is 15.0 Å². The number of aromatic nitrogens is 4. The molecule has 4 aromatic rings. The van der Waals surface area contributed by atoms with Crippen LogP contribution in [0.4, 0.5) is 18.3 Å². The maximum Gasteiger partial charge on any atom is 0.416 e. The number of anilines is 1. The van der Waals surface area contributed by atoms with Crippen LogP contribution in [0, 0.1) is 0 Å². The maximum atomic E-state index is 12.8. The van der Waals surface area contributed by atoms with E-state index in [1.807, 2.05) is 0 Å². The molecule has 4 rings (SSSR count). The number of nitrogens with zero attached hydrogens (tertiary/aromatic N) is 5. The highest BCUT2D eigenvalue weighted by molar-refractivity contribution is 7.13. The lowest BCUT2D eigenvalue weighted by molar-refractivity contribution is -0.137. The largest absolute Gasteiger partial charge is 0.416 e. The summed E-state index contributed by atoms with van der Waals surface area (Å²) in [5.74, 6) is -0.357. The van der Waals surface area contributed by atoms with Crippen LogP contribution in [-0.2, 0) is 6.18 Å². The maximum absolute atomic E-state index is 12.8. The minimum absolute atomic E-state index is 0.163. The quantitative estimate of drug-likeness (QED) is 0.516. The number of imidazole rings is 1. The summed E-state index contributed by atoms with van der Waals surface area (Å²) in [4.78, 5) is 26.5. The molecule has 1 aromatic carbocycles. The van der Waals surface area contributed by atoms with E-state index in [0.29, 0.717) is 22.0 Å². The number of carbonyl (C=O) groups excluding carboxylic acids is 1. The van der Waals surface area contributed by atoms with Gasteiger partial charge < -0.3 is 0 Å². The lowest BCUT2D eigenvalue weighted by Gasteiger charge is -2.13. The highest BCUT2D eigenvalue weighted by atomic mass is 32.1. The van der Waals surface area contributed by atoms with Crippen LogP contribution in [0.25, 0.3) is 16.9 Å². The van der Waals surface area contributed by atoms with Gasteiger partial charge in [-0.3, -0.25) is 14.1 Å². The molecule has 1 amide bonds. The van der Waals surface area contributed by atoms with Gasteiger partial charge in [0.1, 0.15) is 5.69 Å². The van der Waals surface area contributed by atoms with Crippen LogP contribution in [0.15, 0.2) is 54.4 Å². The fraction of sp³-hybridized carbons (Fsp3) is 0.111. The van der Waals surface area contributed by atoms with Crippen LogP contribution >= 0.6 is 11.3 Å². The van der Waals surface area contributed by atoms with Crippen molar-refractivity contribution >= 4 is 28.0 Å². The van der Waals surface area contributed by atoms with Crippen LogP contribution in [-0.4, -0.2) is 32.3 Å².